The molecule has 1 N–H and O–H groups in total. The Morgan fingerprint density at radius 2 is 2.11 bits per heavy atom. The lowest BCUT2D eigenvalue weighted by molar-refractivity contribution is 0.0514. The van der Waals surface area contributed by atoms with Gasteiger partial charge in [-0.1, -0.05) is 13.8 Å². The van der Waals surface area contributed by atoms with Crippen molar-refractivity contribution >= 4 is 0 Å². The van der Waals surface area contributed by atoms with Crippen molar-refractivity contribution in [2.75, 3.05) is 0 Å². The van der Waals surface area contributed by atoms with Gasteiger partial charge in [-0.2, -0.15) is 5.10 Å². The zero-order valence-electron chi connectivity index (χ0n) is 11.9. The van der Waals surface area contributed by atoms with Crippen LogP contribution in [0.1, 0.15) is 51.6 Å². The summed E-state index contributed by atoms with van der Waals surface area (Å²) in [5, 5.41) is 14.5. The molecule has 0 spiro atoms. The van der Waals surface area contributed by atoms with Gasteiger partial charge in [0.2, 0.25) is 0 Å². The lowest BCUT2D eigenvalue weighted by Crippen LogP contribution is -2.29. The lowest BCUT2D eigenvalue weighted by Gasteiger charge is -2.36. The van der Waals surface area contributed by atoms with Crippen molar-refractivity contribution in [2.45, 2.75) is 58.5 Å². The SMILES string of the molecule is Cn1nccc1CCC(O)C1CCC(C)(C)CC1. The first kappa shape index (κ1) is 13.6. The summed E-state index contributed by atoms with van der Waals surface area (Å²) in [6.07, 6.45) is 8.34. The van der Waals surface area contributed by atoms with Crippen molar-refractivity contribution in [3.8, 4) is 0 Å². The third-order valence-corrected chi connectivity index (χ3v) is 4.55. The number of rotatable bonds is 4. The highest BCUT2D eigenvalue weighted by molar-refractivity contribution is 5.00. The molecule has 2 rings (SSSR count). The summed E-state index contributed by atoms with van der Waals surface area (Å²) >= 11 is 0. The molecule has 0 bridgehead atoms. The van der Waals surface area contributed by atoms with Gasteiger partial charge in [-0.25, -0.2) is 0 Å². The highest BCUT2D eigenvalue weighted by atomic mass is 16.3. The van der Waals surface area contributed by atoms with Crippen LogP contribution in [0.25, 0.3) is 0 Å². The van der Waals surface area contributed by atoms with Crippen LogP contribution in [0.15, 0.2) is 12.3 Å². The average molecular weight is 250 g/mol. The van der Waals surface area contributed by atoms with Crippen LogP contribution in [-0.2, 0) is 13.5 Å². The molecular weight excluding hydrogens is 224 g/mol. The molecule has 1 fully saturated rings. The second-order valence-corrected chi connectivity index (χ2v) is 6.55. The largest absolute Gasteiger partial charge is 0.393 e. The van der Waals surface area contributed by atoms with E-state index in [4.69, 9.17) is 0 Å². The Labute approximate surface area is 110 Å². The van der Waals surface area contributed by atoms with E-state index in [0.29, 0.717) is 11.3 Å². The maximum absolute atomic E-state index is 10.3. The van der Waals surface area contributed by atoms with E-state index in [-0.39, 0.29) is 6.10 Å². The number of hydrogen-bond acceptors (Lipinski definition) is 2. The smallest absolute Gasteiger partial charge is 0.0572 e. The molecule has 0 amide bonds. The Morgan fingerprint density at radius 1 is 1.44 bits per heavy atom. The van der Waals surface area contributed by atoms with Gasteiger partial charge < -0.3 is 5.11 Å². The molecular formula is C15H26N2O. The van der Waals surface area contributed by atoms with Crippen LogP contribution in [0.2, 0.25) is 0 Å². The standard InChI is InChI=1S/C15H26N2O/c1-15(2)9-6-12(7-10-15)14(18)5-4-13-8-11-16-17(13)3/h8,11-12,14,18H,4-7,9-10H2,1-3H3. The molecule has 0 radical (unpaired) electrons. The number of aliphatic hydroxyl groups is 1. The van der Waals surface area contributed by atoms with Crippen molar-refractivity contribution in [1.82, 2.24) is 9.78 Å². The minimum absolute atomic E-state index is 0.143. The summed E-state index contributed by atoms with van der Waals surface area (Å²) in [4.78, 5) is 0. The minimum atomic E-state index is -0.143. The molecule has 1 saturated carbocycles. The molecule has 0 aromatic carbocycles. The van der Waals surface area contributed by atoms with Gasteiger partial charge in [-0.05, 0) is 55.9 Å². The Hall–Kier alpha value is -0.830. The second kappa shape index (κ2) is 5.43. The number of aryl methyl sites for hydroxylation is 2. The van der Waals surface area contributed by atoms with E-state index in [1.54, 1.807) is 0 Å². The molecule has 102 valence electrons. The van der Waals surface area contributed by atoms with Crippen LogP contribution in [0.3, 0.4) is 0 Å². The zero-order valence-corrected chi connectivity index (χ0v) is 11.9. The topological polar surface area (TPSA) is 38.0 Å². The maximum atomic E-state index is 10.3. The third kappa shape index (κ3) is 3.35. The molecule has 18 heavy (non-hydrogen) atoms. The van der Waals surface area contributed by atoms with Gasteiger partial charge in [0.15, 0.2) is 0 Å². The van der Waals surface area contributed by atoms with Crippen LogP contribution in [0, 0.1) is 11.3 Å². The van der Waals surface area contributed by atoms with E-state index in [1.807, 2.05) is 24.0 Å². The number of aromatic nitrogens is 2. The quantitative estimate of drug-likeness (QED) is 0.892. The first-order valence-corrected chi connectivity index (χ1v) is 7.13. The van der Waals surface area contributed by atoms with Crippen molar-refractivity contribution in [1.29, 1.82) is 0 Å². The summed E-state index contributed by atoms with van der Waals surface area (Å²) < 4.78 is 1.90. The lowest BCUT2D eigenvalue weighted by atomic mass is 9.71. The van der Waals surface area contributed by atoms with Gasteiger partial charge in [0.1, 0.15) is 0 Å². The molecule has 0 saturated heterocycles. The van der Waals surface area contributed by atoms with Gasteiger partial charge in [0.05, 0.1) is 6.10 Å². The van der Waals surface area contributed by atoms with Gasteiger partial charge >= 0.3 is 0 Å². The second-order valence-electron chi connectivity index (χ2n) is 6.55. The van der Waals surface area contributed by atoms with Crippen LogP contribution >= 0.6 is 0 Å². The van der Waals surface area contributed by atoms with E-state index in [9.17, 15) is 5.11 Å². The Kier molecular flexibility index (Phi) is 4.10. The number of aliphatic hydroxyl groups excluding tert-OH is 1. The van der Waals surface area contributed by atoms with Gasteiger partial charge in [0.25, 0.3) is 0 Å². The van der Waals surface area contributed by atoms with E-state index < -0.39 is 0 Å². The molecule has 1 aromatic heterocycles. The fraction of sp³-hybridized carbons (Fsp3) is 0.800. The minimum Gasteiger partial charge on any atom is -0.393 e. The summed E-state index contributed by atoms with van der Waals surface area (Å²) in [5.41, 5.74) is 1.70. The Bertz CT molecular complexity index is 374. The maximum Gasteiger partial charge on any atom is 0.0572 e. The molecule has 3 heteroatoms. The van der Waals surface area contributed by atoms with E-state index in [1.165, 1.54) is 31.4 Å². The van der Waals surface area contributed by atoms with Crippen LogP contribution in [0.4, 0.5) is 0 Å². The van der Waals surface area contributed by atoms with Crippen LogP contribution < -0.4 is 0 Å². The average Bonchev–Trinajstić information content (AvgIpc) is 2.72. The first-order valence-electron chi connectivity index (χ1n) is 7.13. The first-order chi connectivity index (χ1) is 8.48. The summed E-state index contributed by atoms with van der Waals surface area (Å²) in [7, 11) is 1.96. The third-order valence-electron chi connectivity index (χ3n) is 4.55. The fourth-order valence-electron chi connectivity index (χ4n) is 2.98. The zero-order chi connectivity index (χ0) is 13.2. The Balaban J connectivity index is 1.79. The summed E-state index contributed by atoms with van der Waals surface area (Å²) in [6, 6.07) is 2.04. The van der Waals surface area contributed by atoms with Crippen LogP contribution in [0.5, 0.6) is 0 Å². The molecule has 1 aliphatic carbocycles. The molecule has 1 aliphatic rings. The van der Waals surface area contributed by atoms with Gasteiger partial charge in [-0.15, -0.1) is 0 Å². The van der Waals surface area contributed by atoms with E-state index in [2.05, 4.69) is 18.9 Å². The summed E-state index contributed by atoms with van der Waals surface area (Å²) in [5.74, 6) is 0.506. The van der Waals surface area contributed by atoms with Crippen molar-refractivity contribution in [3.05, 3.63) is 18.0 Å². The van der Waals surface area contributed by atoms with Gasteiger partial charge in [0, 0.05) is 18.9 Å². The monoisotopic (exact) mass is 250 g/mol. The molecule has 0 aliphatic heterocycles. The fourth-order valence-corrected chi connectivity index (χ4v) is 2.98. The summed E-state index contributed by atoms with van der Waals surface area (Å²) in [6.45, 7) is 4.68. The van der Waals surface area contributed by atoms with Crippen LogP contribution in [-0.4, -0.2) is 21.0 Å². The predicted molar refractivity (Wildman–Crippen MR) is 73.3 cm³/mol. The normalized spacial score (nSPS) is 22.0. The highest BCUT2D eigenvalue weighted by Crippen LogP contribution is 2.39. The van der Waals surface area contributed by atoms with Crippen molar-refractivity contribution < 1.29 is 5.11 Å². The molecule has 1 unspecified atom stereocenters. The Morgan fingerprint density at radius 3 is 2.67 bits per heavy atom. The van der Waals surface area contributed by atoms with Crippen molar-refractivity contribution in [2.24, 2.45) is 18.4 Å². The molecule has 1 aromatic rings. The van der Waals surface area contributed by atoms with Gasteiger partial charge in [-0.3, -0.25) is 4.68 Å². The van der Waals surface area contributed by atoms with E-state index >= 15 is 0 Å². The number of hydrogen-bond donors (Lipinski definition) is 1. The van der Waals surface area contributed by atoms with E-state index in [0.717, 1.165) is 12.8 Å². The predicted octanol–water partition coefficient (Wildman–Crippen LogP) is 2.93. The molecule has 3 nitrogen and oxygen atoms in total. The highest BCUT2D eigenvalue weighted by Gasteiger charge is 2.30. The number of nitrogens with zero attached hydrogens (tertiary/aromatic N) is 2. The molecule has 1 atom stereocenters. The van der Waals surface area contributed by atoms with Crippen molar-refractivity contribution in [3.63, 3.8) is 0 Å². The molecule has 1 heterocycles.